The van der Waals surface area contributed by atoms with E-state index in [4.69, 9.17) is 0 Å². The first kappa shape index (κ1) is 10.6. The molecule has 3 nitrogen and oxygen atoms in total. The van der Waals surface area contributed by atoms with Gasteiger partial charge in [0.15, 0.2) is 0 Å². The molecule has 1 aromatic rings. The lowest BCUT2D eigenvalue weighted by Crippen LogP contribution is -2.25. The van der Waals surface area contributed by atoms with Gasteiger partial charge in [-0.3, -0.25) is 4.79 Å². The normalized spacial score (nSPS) is 26.8. The first-order valence-corrected chi connectivity index (χ1v) is 7.00. The minimum atomic E-state index is 0.257. The van der Waals surface area contributed by atoms with E-state index in [0.717, 1.165) is 18.7 Å². The fourth-order valence-electron chi connectivity index (χ4n) is 3.21. The van der Waals surface area contributed by atoms with Crippen molar-refractivity contribution in [1.29, 1.82) is 0 Å². The van der Waals surface area contributed by atoms with Gasteiger partial charge in [0.25, 0.3) is 5.91 Å². The number of nitrogens with one attached hydrogen (secondary N) is 1. The quantitative estimate of drug-likeness (QED) is 0.862. The SMILES string of the molecule is O=C1c2cc(C3CCCN3)ccc2CN1C1CC1. The average molecular weight is 242 g/mol. The van der Waals surface area contributed by atoms with Gasteiger partial charge in [0.2, 0.25) is 0 Å². The molecule has 3 aliphatic rings. The molecule has 0 radical (unpaired) electrons. The van der Waals surface area contributed by atoms with Gasteiger partial charge in [-0.2, -0.15) is 0 Å². The Bertz CT molecular complexity index is 501. The van der Waals surface area contributed by atoms with Crippen molar-refractivity contribution in [3.8, 4) is 0 Å². The fourth-order valence-corrected chi connectivity index (χ4v) is 3.21. The summed E-state index contributed by atoms with van der Waals surface area (Å²) in [6.45, 7) is 1.93. The number of benzene rings is 1. The second-order valence-electron chi connectivity index (χ2n) is 5.73. The first-order chi connectivity index (χ1) is 8.83. The van der Waals surface area contributed by atoms with E-state index >= 15 is 0 Å². The summed E-state index contributed by atoms with van der Waals surface area (Å²) in [6.07, 6.45) is 4.82. The summed E-state index contributed by atoms with van der Waals surface area (Å²) in [4.78, 5) is 14.4. The number of rotatable bonds is 2. The Hall–Kier alpha value is -1.35. The number of hydrogen-bond acceptors (Lipinski definition) is 2. The average Bonchev–Trinajstić information content (AvgIpc) is 2.98. The lowest BCUT2D eigenvalue weighted by atomic mass is 10.00. The molecule has 1 aliphatic carbocycles. The van der Waals surface area contributed by atoms with E-state index in [0.29, 0.717) is 12.1 Å². The Kier molecular flexibility index (Phi) is 2.24. The van der Waals surface area contributed by atoms with Crippen LogP contribution in [0.5, 0.6) is 0 Å². The van der Waals surface area contributed by atoms with Crippen molar-refractivity contribution in [3.05, 3.63) is 34.9 Å². The van der Waals surface area contributed by atoms with Crippen molar-refractivity contribution in [3.63, 3.8) is 0 Å². The number of carbonyl (C=O) groups excluding carboxylic acids is 1. The summed E-state index contributed by atoms with van der Waals surface area (Å²) >= 11 is 0. The third-order valence-corrected chi connectivity index (χ3v) is 4.42. The van der Waals surface area contributed by atoms with Gasteiger partial charge in [-0.15, -0.1) is 0 Å². The molecule has 1 aromatic carbocycles. The Morgan fingerprint density at radius 3 is 2.83 bits per heavy atom. The smallest absolute Gasteiger partial charge is 0.254 e. The Balaban J connectivity index is 1.66. The molecule has 94 valence electrons. The summed E-state index contributed by atoms with van der Waals surface area (Å²) < 4.78 is 0. The molecule has 2 aliphatic heterocycles. The number of nitrogens with zero attached hydrogens (tertiary/aromatic N) is 1. The maximum atomic E-state index is 12.4. The Morgan fingerprint density at radius 1 is 1.22 bits per heavy atom. The topological polar surface area (TPSA) is 32.3 Å². The molecule has 4 rings (SSSR count). The zero-order valence-corrected chi connectivity index (χ0v) is 10.5. The van der Waals surface area contributed by atoms with Gasteiger partial charge in [-0.1, -0.05) is 12.1 Å². The standard InChI is InChI=1S/C15H18N2O/c18-15-13-8-10(14-2-1-7-16-14)3-4-11(13)9-17(15)12-5-6-12/h3-4,8,12,14,16H,1-2,5-7,9H2. The molecule has 1 unspecified atom stereocenters. The molecular formula is C15H18N2O. The fraction of sp³-hybridized carbons (Fsp3) is 0.533. The maximum absolute atomic E-state index is 12.4. The van der Waals surface area contributed by atoms with Crippen molar-refractivity contribution in [2.24, 2.45) is 0 Å². The summed E-state index contributed by atoms with van der Waals surface area (Å²) in [7, 11) is 0. The van der Waals surface area contributed by atoms with E-state index in [1.807, 2.05) is 0 Å². The highest BCUT2D eigenvalue weighted by Gasteiger charge is 2.38. The summed E-state index contributed by atoms with van der Waals surface area (Å²) in [6, 6.07) is 7.47. The van der Waals surface area contributed by atoms with Crippen LogP contribution in [0.2, 0.25) is 0 Å². The van der Waals surface area contributed by atoms with Crippen LogP contribution in [0, 0.1) is 0 Å². The minimum absolute atomic E-state index is 0.257. The van der Waals surface area contributed by atoms with Crippen LogP contribution < -0.4 is 5.32 Å². The van der Waals surface area contributed by atoms with Crippen LogP contribution in [-0.2, 0) is 6.54 Å². The van der Waals surface area contributed by atoms with E-state index in [-0.39, 0.29) is 5.91 Å². The summed E-state index contributed by atoms with van der Waals surface area (Å²) in [5.74, 6) is 0.257. The van der Waals surface area contributed by atoms with E-state index in [2.05, 4.69) is 28.4 Å². The Labute approximate surface area is 107 Å². The molecule has 0 spiro atoms. The zero-order chi connectivity index (χ0) is 12.1. The highest BCUT2D eigenvalue weighted by Crippen LogP contribution is 2.36. The molecule has 1 atom stereocenters. The summed E-state index contributed by atoms with van der Waals surface area (Å²) in [5.41, 5.74) is 3.46. The van der Waals surface area contributed by atoms with Crippen molar-refractivity contribution >= 4 is 5.91 Å². The molecule has 0 aromatic heterocycles. The van der Waals surface area contributed by atoms with Gasteiger partial charge in [0.05, 0.1) is 0 Å². The van der Waals surface area contributed by atoms with Crippen molar-refractivity contribution < 1.29 is 4.79 Å². The first-order valence-electron chi connectivity index (χ1n) is 7.00. The molecule has 2 heterocycles. The number of carbonyl (C=O) groups is 1. The molecule has 1 saturated heterocycles. The predicted octanol–water partition coefficient (Wildman–Crippen LogP) is 2.23. The third kappa shape index (κ3) is 1.57. The van der Waals surface area contributed by atoms with Crippen LogP contribution in [0.25, 0.3) is 0 Å². The number of hydrogen-bond donors (Lipinski definition) is 1. The molecule has 1 N–H and O–H groups in total. The monoisotopic (exact) mass is 242 g/mol. The lowest BCUT2D eigenvalue weighted by molar-refractivity contribution is 0.0766. The largest absolute Gasteiger partial charge is 0.331 e. The van der Waals surface area contributed by atoms with Crippen LogP contribution >= 0.6 is 0 Å². The molecule has 2 fully saturated rings. The molecule has 1 amide bonds. The highest BCUT2D eigenvalue weighted by atomic mass is 16.2. The van der Waals surface area contributed by atoms with E-state index < -0.39 is 0 Å². The van der Waals surface area contributed by atoms with Crippen LogP contribution in [0.1, 0.15) is 53.2 Å². The molecule has 0 bridgehead atoms. The van der Waals surface area contributed by atoms with Crippen LogP contribution in [-0.4, -0.2) is 23.4 Å². The van der Waals surface area contributed by atoms with Gasteiger partial charge in [-0.25, -0.2) is 0 Å². The van der Waals surface area contributed by atoms with E-state index in [1.54, 1.807) is 0 Å². The second kappa shape index (κ2) is 3.82. The third-order valence-electron chi connectivity index (χ3n) is 4.42. The molecule has 1 saturated carbocycles. The minimum Gasteiger partial charge on any atom is -0.331 e. The van der Waals surface area contributed by atoms with Crippen molar-refractivity contribution in [2.45, 2.75) is 44.3 Å². The second-order valence-corrected chi connectivity index (χ2v) is 5.73. The Morgan fingerprint density at radius 2 is 2.11 bits per heavy atom. The zero-order valence-electron chi connectivity index (χ0n) is 10.5. The van der Waals surface area contributed by atoms with Crippen molar-refractivity contribution in [2.75, 3.05) is 6.54 Å². The highest BCUT2D eigenvalue weighted by molar-refractivity contribution is 5.98. The maximum Gasteiger partial charge on any atom is 0.254 e. The van der Waals surface area contributed by atoms with Crippen LogP contribution in [0.4, 0.5) is 0 Å². The van der Waals surface area contributed by atoms with E-state index in [9.17, 15) is 4.79 Å². The van der Waals surface area contributed by atoms with E-state index in [1.165, 1.54) is 36.8 Å². The lowest BCUT2D eigenvalue weighted by Gasteiger charge is -2.13. The molecular weight excluding hydrogens is 224 g/mol. The summed E-state index contributed by atoms with van der Waals surface area (Å²) in [5, 5.41) is 3.50. The van der Waals surface area contributed by atoms with Gasteiger partial charge < -0.3 is 10.2 Å². The van der Waals surface area contributed by atoms with Gasteiger partial charge in [0, 0.05) is 24.2 Å². The van der Waals surface area contributed by atoms with Gasteiger partial charge in [0.1, 0.15) is 0 Å². The van der Waals surface area contributed by atoms with Gasteiger partial charge >= 0.3 is 0 Å². The molecule has 3 heteroatoms. The number of fused-ring (bicyclic) bond motifs is 1. The number of amides is 1. The predicted molar refractivity (Wildman–Crippen MR) is 69.3 cm³/mol. The van der Waals surface area contributed by atoms with Gasteiger partial charge in [-0.05, 0) is 49.4 Å². The van der Waals surface area contributed by atoms with Crippen molar-refractivity contribution in [1.82, 2.24) is 10.2 Å². The van der Waals surface area contributed by atoms with Crippen LogP contribution in [0.3, 0.4) is 0 Å². The van der Waals surface area contributed by atoms with Crippen LogP contribution in [0.15, 0.2) is 18.2 Å². The molecule has 18 heavy (non-hydrogen) atoms.